The number of aldehydes is 1. The van der Waals surface area contributed by atoms with Crippen molar-refractivity contribution >= 4 is 6.29 Å². The topological polar surface area (TPSA) is 69.9 Å². The van der Waals surface area contributed by atoms with Gasteiger partial charge in [0.25, 0.3) is 0 Å². The van der Waals surface area contributed by atoms with Crippen LogP contribution in [0.2, 0.25) is 0 Å². The van der Waals surface area contributed by atoms with Gasteiger partial charge in [-0.2, -0.15) is 5.26 Å². The van der Waals surface area contributed by atoms with E-state index in [1.165, 1.54) is 0 Å². The van der Waals surface area contributed by atoms with E-state index in [1.807, 2.05) is 13.0 Å². The molecule has 1 fully saturated rings. The van der Waals surface area contributed by atoms with Gasteiger partial charge < -0.3 is 5.73 Å². The van der Waals surface area contributed by atoms with Crippen LogP contribution in [0, 0.1) is 11.3 Å². The van der Waals surface area contributed by atoms with Gasteiger partial charge in [-0.05, 0) is 12.5 Å². The Morgan fingerprint density at radius 2 is 2.54 bits per heavy atom. The average molecular weight is 179 g/mol. The summed E-state index contributed by atoms with van der Waals surface area (Å²) in [6, 6.07) is 2.16. The van der Waals surface area contributed by atoms with E-state index < -0.39 is 0 Å². The number of rotatable bonds is 4. The molecule has 0 radical (unpaired) electrons. The molecule has 0 aromatic rings. The molecular formula is C9H13N3O. The molecular weight excluding hydrogens is 166 g/mol. The first-order chi connectivity index (χ1) is 6.24. The highest BCUT2D eigenvalue weighted by molar-refractivity contribution is 5.80. The van der Waals surface area contributed by atoms with E-state index in [9.17, 15) is 4.79 Å². The first-order valence-corrected chi connectivity index (χ1v) is 4.24. The fraction of sp³-hybridized carbons (Fsp3) is 0.556. The lowest BCUT2D eigenvalue weighted by Gasteiger charge is -2.01. The van der Waals surface area contributed by atoms with Gasteiger partial charge in [0.2, 0.25) is 0 Å². The van der Waals surface area contributed by atoms with Gasteiger partial charge in [0, 0.05) is 25.7 Å². The van der Waals surface area contributed by atoms with E-state index in [0.29, 0.717) is 12.8 Å². The Hall–Kier alpha value is -1.18. The first kappa shape index (κ1) is 9.90. The third-order valence-corrected chi connectivity index (χ3v) is 2.29. The predicted molar refractivity (Wildman–Crippen MR) is 48.8 cm³/mol. The zero-order valence-corrected chi connectivity index (χ0v) is 7.66. The number of hydrogen-bond donors (Lipinski definition) is 1. The van der Waals surface area contributed by atoms with E-state index in [0.717, 1.165) is 18.7 Å². The largest absolute Gasteiger partial charge is 0.329 e. The quantitative estimate of drug-likeness (QED) is 0.277. The van der Waals surface area contributed by atoms with E-state index in [1.54, 1.807) is 0 Å². The van der Waals surface area contributed by atoms with Crippen LogP contribution < -0.4 is 5.73 Å². The van der Waals surface area contributed by atoms with Crippen molar-refractivity contribution in [3.63, 3.8) is 0 Å². The van der Waals surface area contributed by atoms with Crippen LogP contribution in [0.5, 0.6) is 0 Å². The summed E-state index contributed by atoms with van der Waals surface area (Å²) in [4.78, 5) is 12.6. The summed E-state index contributed by atoms with van der Waals surface area (Å²) < 4.78 is 0. The Balaban J connectivity index is 2.61. The Bertz CT molecular complexity index is 277. The summed E-state index contributed by atoms with van der Waals surface area (Å²) >= 11 is 0. The van der Waals surface area contributed by atoms with Crippen LogP contribution in [-0.2, 0) is 4.79 Å². The smallest absolute Gasteiger partial charge is 0.160 e. The van der Waals surface area contributed by atoms with Crippen LogP contribution >= 0.6 is 0 Å². The highest BCUT2D eigenvalue weighted by Crippen LogP contribution is 2.25. The van der Waals surface area contributed by atoms with Crippen LogP contribution in [0.15, 0.2) is 11.1 Å². The van der Waals surface area contributed by atoms with Gasteiger partial charge in [0.1, 0.15) is 6.07 Å². The number of carbonyl (C=O) groups excluding carboxylic acids is 1. The normalized spacial score (nSPS) is 27.5. The molecule has 1 unspecified atom stereocenters. The summed E-state index contributed by atoms with van der Waals surface area (Å²) in [5.41, 5.74) is 6.50. The molecule has 0 spiro atoms. The molecule has 0 aromatic carbocycles. The Kier molecular flexibility index (Phi) is 3.18. The van der Waals surface area contributed by atoms with Crippen molar-refractivity contribution in [3.8, 4) is 6.07 Å². The zero-order valence-electron chi connectivity index (χ0n) is 7.66. The third-order valence-electron chi connectivity index (χ3n) is 2.29. The standard InChI is InChI=1S/C9H13N3O/c1-7(8(4-11)6-13)9-5-12(9)3-2-10/h6,9H,2-3,5,10H2,1H3/b8-7-/t9?,12-/m1/s1. The molecule has 13 heavy (non-hydrogen) atoms. The number of nitrogens with zero attached hydrogens (tertiary/aromatic N) is 2. The molecule has 1 heterocycles. The van der Waals surface area contributed by atoms with Crippen LogP contribution in [0.1, 0.15) is 6.92 Å². The summed E-state index contributed by atoms with van der Waals surface area (Å²) in [5.74, 6) is 0. The van der Waals surface area contributed by atoms with E-state index in [4.69, 9.17) is 11.0 Å². The molecule has 70 valence electrons. The summed E-state index contributed by atoms with van der Waals surface area (Å²) in [5, 5.41) is 8.61. The van der Waals surface area contributed by atoms with Gasteiger partial charge in [-0.15, -0.1) is 0 Å². The Labute approximate surface area is 77.6 Å². The molecule has 1 aliphatic heterocycles. The van der Waals surface area contributed by atoms with Crippen LogP contribution in [0.25, 0.3) is 0 Å². The summed E-state index contributed by atoms with van der Waals surface area (Å²) in [7, 11) is 0. The minimum Gasteiger partial charge on any atom is -0.329 e. The van der Waals surface area contributed by atoms with Crippen LogP contribution in [0.4, 0.5) is 0 Å². The summed E-state index contributed by atoms with van der Waals surface area (Å²) in [6.07, 6.45) is 0.619. The lowest BCUT2D eigenvalue weighted by Crippen LogP contribution is -2.15. The van der Waals surface area contributed by atoms with E-state index in [2.05, 4.69) is 4.90 Å². The van der Waals surface area contributed by atoms with Crippen molar-refractivity contribution < 1.29 is 4.79 Å². The van der Waals surface area contributed by atoms with E-state index in [-0.39, 0.29) is 11.6 Å². The molecule has 0 aromatic heterocycles. The second kappa shape index (κ2) is 4.17. The maximum Gasteiger partial charge on any atom is 0.160 e. The predicted octanol–water partition coefficient (Wildman–Crippen LogP) is -0.332. The molecule has 0 saturated carbocycles. The van der Waals surface area contributed by atoms with Crippen LogP contribution in [-0.4, -0.2) is 36.9 Å². The summed E-state index contributed by atoms with van der Waals surface area (Å²) in [6.45, 7) is 4.20. The second-order valence-corrected chi connectivity index (χ2v) is 3.13. The first-order valence-electron chi connectivity index (χ1n) is 4.24. The van der Waals surface area contributed by atoms with Gasteiger partial charge in [-0.1, -0.05) is 0 Å². The number of hydrogen-bond acceptors (Lipinski definition) is 4. The molecule has 0 bridgehead atoms. The molecule has 2 atom stereocenters. The molecule has 0 amide bonds. The minimum absolute atomic E-state index is 0.254. The fourth-order valence-electron chi connectivity index (χ4n) is 1.39. The third kappa shape index (κ3) is 2.14. The van der Waals surface area contributed by atoms with Gasteiger partial charge in [0.15, 0.2) is 6.29 Å². The van der Waals surface area contributed by atoms with Crippen LogP contribution in [0.3, 0.4) is 0 Å². The van der Waals surface area contributed by atoms with Crippen molar-refractivity contribution in [2.24, 2.45) is 5.73 Å². The maximum absolute atomic E-state index is 10.5. The number of carbonyl (C=O) groups is 1. The lowest BCUT2D eigenvalue weighted by molar-refractivity contribution is -0.104. The lowest BCUT2D eigenvalue weighted by atomic mass is 10.1. The van der Waals surface area contributed by atoms with Crippen molar-refractivity contribution in [3.05, 3.63) is 11.1 Å². The SMILES string of the molecule is C/C(=C(\C#N)C=O)C1C[N@@]1CCN. The molecule has 1 rings (SSSR count). The molecule has 4 nitrogen and oxygen atoms in total. The maximum atomic E-state index is 10.5. The molecule has 2 N–H and O–H groups in total. The van der Waals surface area contributed by atoms with Crippen molar-refractivity contribution in [2.45, 2.75) is 13.0 Å². The fourth-order valence-corrected chi connectivity index (χ4v) is 1.39. The second-order valence-electron chi connectivity index (χ2n) is 3.13. The van der Waals surface area contributed by atoms with Gasteiger partial charge >= 0.3 is 0 Å². The molecule has 4 heteroatoms. The molecule has 1 aliphatic rings. The highest BCUT2D eigenvalue weighted by Gasteiger charge is 2.35. The molecule has 0 aliphatic carbocycles. The number of nitriles is 1. The zero-order chi connectivity index (χ0) is 9.84. The van der Waals surface area contributed by atoms with Gasteiger partial charge in [0.05, 0.1) is 5.57 Å². The van der Waals surface area contributed by atoms with Crippen molar-refractivity contribution in [2.75, 3.05) is 19.6 Å². The number of nitrogens with two attached hydrogens (primary N) is 1. The molecule has 1 saturated heterocycles. The average Bonchev–Trinajstić information content (AvgIpc) is 2.87. The monoisotopic (exact) mass is 179 g/mol. The minimum atomic E-state index is 0.254. The highest BCUT2D eigenvalue weighted by atomic mass is 16.1. The van der Waals surface area contributed by atoms with Gasteiger partial charge in [-0.25, -0.2) is 0 Å². The Morgan fingerprint density at radius 3 is 3.00 bits per heavy atom. The van der Waals surface area contributed by atoms with Gasteiger partial charge in [-0.3, -0.25) is 9.69 Å². The van der Waals surface area contributed by atoms with Crippen molar-refractivity contribution in [1.82, 2.24) is 4.90 Å². The Morgan fingerprint density at radius 1 is 1.85 bits per heavy atom. The number of allylic oxidation sites excluding steroid dienone is 1. The van der Waals surface area contributed by atoms with Crippen molar-refractivity contribution in [1.29, 1.82) is 5.26 Å². The van der Waals surface area contributed by atoms with E-state index >= 15 is 0 Å².